The lowest BCUT2D eigenvalue weighted by molar-refractivity contribution is -0.146. The van der Waals surface area contributed by atoms with Crippen LogP contribution in [0.2, 0.25) is 0 Å². The van der Waals surface area contributed by atoms with Crippen LogP contribution >= 0.6 is 0 Å². The first-order valence-corrected chi connectivity index (χ1v) is 7.78. The normalized spacial score (nSPS) is 19.2. The van der Waals surface area contributed by atoms with Gasteiger partial charge in [-0.15, -0.1) is 0 Å². The van der Waals surface area contributed by atoms with Crippen molar-refractivity contribution >= 4 is 5.97 Å². The van der Waals surface area contributed by atoms with Gasteiger partial charge in [0.15, 0.2) is 0 Å². The molecule has 1 N–H and O–H groups in total. The Morgan fingerprint density at radius 2 is 1.84 bits per heavy atom. The third kappa shape index (κ3) is 6.92. The monoisotopic (exact) mass is 270 g/mol. The SMILES string of the molecule is CCOC(=O)C(CCN1CCCCCC1)NC(C)C. The summed E-state index contributed by atoms with van der Waals surface area (Å²) in [5, 5.41) is 3.32. The Bertz CT molecular complexity index is 249. The molecule has 0 saturated carbocycles. The Kier molecular flexibility index (Phi) is 8.07. The van der Waals surface area contributed by atoms with E-state index in [2.05, 4.69) is 24.1 Å². The second-order valence-electron chi connectivity index (χ2n) is 5.67. The van der Waals surface area contributed by atoms with E-state index >= 15 is 0 Å². The molecule has 4 nitrogen and oxygen atoms in total. The third-order valence-electron chi connectivity index (χ3n) is 3.54. The first-order valence-electron chi connectivity index (χ1n) is 7.78. The minimum absolute atomic E-state index is 0.106. The molecule has 0 radical (unpaired) electrons. The van der Waals surface area contributed by atoms with E-state index < -0.39 is 0 Å². The maximum atomic E-state index is 11.9. The van der Waals surface area contributed by atoms with Crippen molar-refractivity contribution in [1.29, 1.82) is 0 Å². The number of carbonyl (C=O) groups is 1. The zero-order valence-electron chi connectivity index (χ0n) is 12.8. The summed E-state index contributed by atoms with van der Waals surface area (Å²) < 4.78 is 5.15. The number of esters is 1. The molecule has 0 spiro atoms. The highest BCUT2D eigenvalue weighted by Gasteiger charge is 2.21. The molecule has 112 valence electrons. The first kappa shape index (κ1) is 16.4. The number of hydrogen-bond acceptors (Lipinski definition) is 4. The van der Waals surface area contributed by atoms with Crippen molar-refractivity contribution in [2.24, 2.45) is 0 Å². The van der Waals surface area contributed by atoms with E-state index in [1.807, 2.05) is 6.92 Å². The molecule has 1 saturated heterocycles. The number of nitrogens with one attached hydrogen (secondary N) is 1. The molecule has 0 amide bonds. The summed E-state index contributed by atoms with van der Waals surface area (Å²) in [4.78, 5) is 14.4. The van der Waals surface area contributed by atoms with Crippen LogP contribution < -0.4 is 5.32 Å². The van der Waals surface area contributed by atoms with E-state index in [0.717, 1.165) is 13.0 Å². The van der Waals surface area contributed by atoms with Crippen molar-refractivity contribution in [1.82, 2.24) is 10.2 Å². The Morgan fingerprint density at radius 3 is 2.37 bits per heavy atom. The lowest BCUT2D eigenvalue weighted by Gasteiger charge is -2.24. The second kappa shape index (κ2) is 9.32. The van der Waals surface area contributed by atoms with Gasteiger partial charge in [0.05, 0.1) is 6.61 Å². The summed E-state index contributed by atoms with van der Waals surface area (Å²) in [6.07, 6.45) is 6.13. The molecule has 1 fully saturated rings. The summed E-state index contributed by atoms with van der Waals surface area (Å²) in [5.41, 5.74) is 0. The minimum Gasteiger partial charge on any atom is -0.465 e. The number of rotatable bonds is 7. The fourth-order valence-electron chi connectivity index (χ4n) is 2.59. The van der Waals surface area contributed by atoms with Gasteiger partial charge in [0.2, 0.25) is 0 Å². The van der Waals surface area contributed by atoms with Gasteiger partial charge in [-0.05, 0) is 39.3 Å². The van der Waals surface area contributed by atoms with Gasteiger partial charge in [-0.25, -0.2) is 0 Å². The molecule has 1 rings (SSSR count). The highest BCUT2D eigenvalue weighted by molar-refractivity contribution is 5.75. The van der Waals surface area contributed by atoms with Crippen molar-refractivity contribution in [3.05, 3.63) is 0 Å². The molecule has 1 atom stereocenters. The average Bonchev–Trinajstić information content (AvgIpc) is 2.62. The quantitative estimate of drug-likeness (QED) is 0.720. The molecule has 1 unspecified atom stereocenters. The van der Waals surface area contributed by atoms with Gasteiger partial charge in [0.25, 0.3) is 0 Å². The molecule has 1 heterocycles. The highest BCUT2D eigenvalue weighted by Crippen LogP contribution is 2.11. The van der Waals surface area contributed by atoms with Crippen molar-refractivity contribution in [2.45, 2.75) is 65.0 Å². The molecule has 0 aliphatic carbocycles. The zero-order chi connectivity index (χ0) is 14.1. The van der Waals surface area contributed by atoms with Crippen molar-refractivity contribution in [3.63, 3.8) is 0 Å². The molecule has 0 bridgehead atoms. The smallest absolute Gasteiger partial charge is 0.323 e. The average molecular weight is 270 g/mol. The Balaban J connectivity index is 2.39. The lowest BCUT2D eigenvalue weighted by Crippen LogP contribution is -2.44. The Hall–Kier alpha value is -0.610. The maximum Gasteiger partial charge on any atom is 0.323 e. The van der Waals surface area contributed by atoms with E-state index in [1.165, 1.54) is 38.8 Å². The molecule has 1 aliphatic heterocycles. The minimum atomic E-state index is -0.164. The molecule has 0 aromatic rings. The summed E-state index contributed by atoms with van der Waals surface area (Å²) in [7, 11) is 0. The molecule has 0 aromatic heterocycles. The van der Waals surface area contributed by atoms with Crippen LogP contribution in [0.3, 0.4) is 0 Å². The third-order valence-corrected chi connectivity index (χ3v) is 3.54. The topological polar surface area (TPSA) is 41.6 Å². The fourth-order valence-corrected chi connectivity index (χ4v) is 2.59. The summed E-state index contributed by atoms with van der Waals surface area (Å²) >= 11 is 0. The van der Waals surface area contributed by atoms with Gasteiger partial charge in [-0.3, -0.25) is 4.79 Å². The largest absolute Gasteiger partial charge is 0.465 e. The van der Waals surface area contributed by atoms with Crippen LogP contribution in [-0.4, -0.2) is 49.2 Å². The molecule has 4 heteroatoms. The number of hydrogen-bond donors (Lipinski definition) is 1. The summed E-state index contributed by atoms with van der Waals surface area (Å²) in [6, 6.07) is 0.141. The van der Waals surface area contributed by atoms with Gasteiger partial charge in [0.1, 0.15) is 6.04 Å². The standard InChI is InChI=1S/C15H30N2O2/c1-4-19-15(18)14(16-13(2)3)9-12-17-10-7-5-6-8-11-17/h13-14,16H,4-12H2,1-3H3. The molecule has 1 aliphatic rings. The Labute approximate surface area is 117 Å². The number of nitrogens with zero attached hydrogens (tertiary/aromatic N) is 1. The van der Waals surface area contributed by atoms with E-state index in [-0.39, 0.29) is 12.0 Å². The number of ether oxygens (including phenoxy) is 1. The van der Waals surface area contributed by atoms with Gasteiger partial charge < -0.3 is 15.0 Å². The van der Waals surface area contributed by atoms with Crippen LogP contribution in [0.25, 0.3) is 0 Å². The van der Waals surface area contributed by atoms with Crippen LogP contribution in [0, 0.1) is 0 Å². The Morgan fingerprint density at radius 1 is 1.21 bits per heavy atom. The van der Waals surface area contributed by atoms with E-state index in [9.17, 15) is 4.79 Å². The van der Waals surface area contributed by atoms with Crippen molar-refractivity contribution in [2.75, 3.05) is 26.2 Å². The van der Waals surface area contributed by atoms with E-state index in [0.29, 0.717) is 12.6 Å². The fraction of sp³-hybridized carbons (Fsp3) is 0.933. The maximum absolute atomic E-state index is 11.9. The van der Waals surface area contributed by atoms with Crippen LogP contribution in [0.4, 0.5) is 0 Å². The van der Waals surface area contributed by atoms with Crippen LogP contribution in [0.1, 0.15) is 52.9 Å². The first-order chi connectivity index (χ1) is 9.13. The molecular formula is C15H30N2O2. The predicted octanol–water partition coefficient (Wildman–Crippen LogP) is 2.18. The number of likely N-dealkylation sites (tertiary alicyclic amines) is 1. The van der Waals surface area contributed by atoms with Gasteiger partial charge in [-0.2, -0.15) is 0 Å². The predicted molar refractivity (Wildman–Crippen MR) is 78.2 cm³/mol. The van der Waals surface area contributed by atoms with Crippen LogP contribution in [0.5, 0.6) is 0 Å². The summed E-state index contributed by atoms with van der Waals surface area (Å²) in [5.74, 6) is -0.106. The van der Waals surface area contributed by atoms with Gasteiger partial charge in [-0.1, -0.05) is 26.7 Å². The van der Waals surface area contributed by atoms with Gasteiger partial charge in [0, 0.05) is 12.6 Å². The second-order valence-corrected chi connectivity index (χ2v) is 5.67. The molecule has 0 aromatic carbocycles. The molecular weight excluding hydrogens is 240 g/mol. The lowest BCUT2D eigenvalue weighted by atomic mass is 10.1. The van der Waals surface area contributed by atoms with E-state index in [1.54, 1.807) is 0 Å². The molecule has 19 heavy (non-hydrogen) atoms. The summed E-state index contributed by atoms with van der Waals surface area (Å²) in [6.45, 7) is 9.80. The van der Waals surface area contributed by atoms with Crippen LogP contribution in [0.15, 0.2) is 0 Å². The van der Waals surface area contributed by atoms with Crippen molar-refractivity contribution in [3.8, 4) is 0 Å². The van der Waals surface area contributed by atoms with Crippen LogP contribution in [-0.2, 0) is 9.53 Å². The highest BCUT2D eigenvalue weighted by atomic mass is 16.5. The van der Waals surface area contributed by atoms with Gasteiger partial charge >= 0.3 is 5.97 Å². The van der Waals surface area contributed by atoms with E-state index in [4.69, 9.17) is 4.74 Å². The number of carbonyl (C=O) groups excluding carboxylic acids is 1. The van der Waals surface area contributed by atoms with Crippen molar-refractivity contribution < 1.29 is 9.53 Å². The zero-order valence-corrected chi connectivity index (χ0v) is 12.8.